The molecule has 136 valence electrons. The van der Waals surface area contributed by atoms with Crippen LogP contribution < -0.4 is 0 Å². The molecule has 3 aromatic carbocycles. The Kier molecular flexibility index (Phi) is 5.77. The van der Waals surface area contributed by atoms with E-state index in [1.165, 1.54) is 0 Å². The molecular formula is C23H19FO3. The lowest BCUT2D eigenvalue weighted by atomic mass is 9.88. The number of halogens is 1. The molecule has 0 radical (unpaired) electrons. The fourth-order valence-corrected chi connectivity index (χ4v) is 2.92. The van der Waals surface area contributed by atoms with E-state index in [9.17, 15) is 9.59 Å². The zero-order valence-electron chi connectivity index (χ0n) is 14.6. The Morgan fingerprint density at radius 1 is 0.852 bits per heavy atom. The summed E-state index contributed by atoms with van der Waals surface area (Å²) in [7, 11) is 0. The van der Waals surface area contributed by atoms with Gasteiger partial charge in [-0.1, -0.05) is 91.0 Å². The molecule has 3 rings (SSSR count). The van der Waals surface area contributed by atoms with Crippen LogP contribution in [0.25, 0.3) is 0 Å². The molecular weight excluding hydrogens is 343 g/mol. The molecule has 0 aliphatic carbocycles. The largest absolute Gasteiger partial charge is 0.462 e. The molecule has 27 heavy (non-hydrogen) atoms. The fourth-order valence-electron chi connectivity index (χ4n) is 2.92. The number of aldehydes is 1. The number of ether oxygens (including phenoxy) is 1. The summed E-state index contributed by atoms with van der Waals surface area (Å²) in [6.45, 7) is -0.225. The SMILES string of the molecule is O=CC(COC(=O)C(F)(c1ccccc1)c1ccccc1)c1ccccc1. The van der Waals surface area contributed by atoms with Crippen LogP contribution in [0.5, 0.6) is 0 Å². The highest BCUT2D eigenvalue weighted by atomic mass is 19.1. The van der Waals surface area contributed by atoms with Crippen LogP contribution in [-0.4, -0.2) is 18.9 Å². The molecule has 1 unspecified atom stereocenters. The standard InChI is InChI=1S/C23H19FO3/c24-23(20-12-6-2-7-13-20,21-14-8-3-9-15-21)22(26)27-17-19(16-25)18-10-4-1-5-11-18/h1-16,19H,17H2. The van der Waals surface area contributed by atoms with Crippen LogP contribution in [0, 0.1) is 0 Å². The summed E-state index contributed by atoms with van der Waals surface area (Å²) in [6.07, 6.45) is 0.702. The Morgan fingerprint density at radius 2 is 1.30 bits per heavy atom. The molecule has 0 heterocycles. The number of rotatable bonds is 7. The summed E-state index contributed by atoms with van der Waals surface area (Å²) in [5.41, 5.74) is -1.37. The van der Waals surface area contributed by atoms with Gasteiger partial charge < -0.3 is 9.53 Å². The summed E-state index contributed by atoms with van der Waals surface area (Å²) >= 11 is 0. The van der Waals surface area contributed by atoms with E-state index in [0.29, 0.717) is 11.8 Å². The first kappa shape index (κ1) is 18.5. The van der Waals surface area contributed by atoms with Crippen LogP contribution >= 0.6 is 0 Å². The number of hydrogen-bond acceptors (Lipinski definition) is 3. The summed E-state index contributed by atoms with van der Waals surface area (Å²) in [5, 5.41) is 0. The predicted molar refractivity (Wildman–Crippen MR) is 101 cm³/mol. The van der Waals surface area contributed by atoms with Gasteiger partial charge in [-0.15, -0.1) is 0 Å². The van der Waals surface area contributed by atoms with E-state index in [1.54, 1.807) is 84.9 Å². The lowest BCUT2D eigenvalue weighted by molar-refractivity contribution is -0.156. The number of hydrogen-bond donors (Lipinski definition) is 0. The third kappa shape index (κ3) is 3.95. The second-order valence-corrected chi connectivity index (χ2v) is 6.14. The summed E-state index contributed by atoms with van der Waals surface area (Å²) < 4.78 is 21.3. The Hall–Kier alpha value is -3.27. The first-order valence-corrected chi connectivity index (χ1v) is 8.63. The number of carbonyl (C=O) groups excluding carboxylic acids is 2. The lowest BCUT2D eigenvalue weighted by Crippen LogP contribution is -2.35. The maximum Gasteiger partial charge on any atom is 0.353 e. The molecule has 0 N–H and O–H groups in total. The highest BCUT2D eigenvalue weighted by Crippen LogP contribution is 2.35. The van der Waals surface area contributed by atoms with Crippen molar-refractivity contribution in [2.24, 2.45) is 0 Å². The van der Waals surface area contributed by atoms with E-state index < -0.39 is 17.6 Å². The average Bonchev–Trinajstić information content (AvgIpc) is 2.75. The van der Waals surface area contributed by atoms with E-state index >= 15 is 4.39 Å². The molecule has 0 aliphatic heterocycles. The normalized spacial score (nSPS) is 12.2. The molecule has 0 saturated carbocycles. The van der Waals surface area contributed by atoms with E-state index in [0.717, 1.165) is 0 Å². The van der Waals surface area contributed by atoms with Crippen molar-refractivity contribution in [3.63, 3.8) is 0 Å². The van der Waals surface area contributed by atoms with Gasteiger partial charge in [0.05, 0.1) is 5.92 Å². The van der Waals surface area contributed by atoms with Crippen molar-refractivity contribution in [1.29, 1.82) is 0 Å². The maximum absolute atomic E-state index is 16.0. The highest BCUT2D eigenvalue weighted by Gasteiger charge is 2.44. The van der Waals surface area contributed by atoms with Gasteiger partial charge >= 0.3 is 5.97 Å². The van der Waals surface area contributed by atoms with Crippen LogP contribution in [0.4, 0.5) is 4.39 Å². The van der Waals surface area contributed by atoms with Crippen molar-refractivity contribution < 1.29 is 18.7 Å². The van der Waals surface area contributed by atoms with Crippen molar-refractivity contribution in [2.75, 3.05) is 6.61 Å². The Morgan fingerprint density at radius 3 is 1.74 bits per heavy atom. The molecule has 0 bridgehead atoms. The van der Waals surface area contributed by atoms with Crippen molar-refractivity contribution in [3.05, 3.63) is 108 Å². The second kappa shape index (κ2) is 8.41. The Labute approximate surface area is 157 Å². The number of esters is 1. The van der Waals surface area contributed by atoms with Crippen LogP contribution in [0.1, 0.15) is 22.6 Å². The fraction of sp³-hybridized carbons (Fsp3) is 0.130. The maximum atomic E-state index is 16.0. The summed E-state index contributed by atoms with van der Waals surface area (Å²) in [4.78, 5) is 24.2. The average molecular weight is 362 g/mol. The van der Waals surface area contributed by atoms with Gasteiger partial charge in [0.1, 0.15) is 12.9 Å². The van der Waals surface area contributed by atoms with Gasteiger partial charge in [-0.05, 0) is 5.56 Å². The van der Waals surface area contributed by atoms with Crippen LogP contribution in [0.15, 0.2) is 91.0 Å². The van der Waals surface area contributed by atoms with Gasteiger partial charge in [0.15, 0.2) is 0 Å². The molecule has 0 amide bonds. The highest BCUT2D eigenvalue weighted by molar-refractivity contribution is 5.85. The number of carbonyl (C=O) groups is 2. The summed E-state index contributed by atoms with van der Waals surface area (Å²) in [6, 6.07) is 25.3. The molecule has 3 aromatic rings. The molecule has 0 spiro atoms. The minimum absolute atomic E-state index is 0.184. The van der Waals surface area contributed by atoms with Crippen molar-refractivity contribution >= 4 is 12.3 Å². The third-order valence-electron chi connectivity index (χ3n) is 4.41. The van der Waals surface area contributed by atoms with Crippen molar-refractivity contribution in [2.45, 2.75) is 11.6 Å². The topological polar surface area (TPSA) is 43.4 Å². The molecule has 3 nitrogen and oxygen atoms in total. The minimum Gasteiger partial charge on any atom is -0.462 e. The predicted octanol–water partition coefficient (Wildman–Crippen LogP) is 4.43. The van der Waals surface area contributed by atoms with Crippen LogP contribution in [0.2, 0.25) is 0 Å². The second-order valence-electron chi connectivity index (χ2n) is 6.14. The number of benzene rings is 3. The summed E-state index contributed by atoms with van der Waals surface area (Å²) in [5.74, 6) is -1.69. The molecule has 0 aliphatic rings. The van der Waals surface area contributed by atoms with Crippen molar-refractivity contribution in [3.8, 4) is 0 Å². The zero-order valence-corrected chi connectivity index (χ0v) is 14.6. The lowest BCUT2D eigenvalue weighted by Gasteiger charge is -2.25. The van der Waals surface area contributed by atoms with Gasteiger partial charge in [-0.3, -0.25) is 0 Å². The first-order chi connectivity index (χ1) is 13.2. The van der Waals surface area contributed by atoms with Gasteiger partial charge in [0.25, 0.3) is 5.67 Å². The molecule has 1 atom stereocenters. The van der Waals surface area contributed by atoms with E-state index in [4.69, 9.17) is 4.74 Å². The molecule has 0 aromatic heterocycles. The van der Waals surface area contributed by atoms with Gasteiger partial charge in [0.2, 0.25) is 0 Å². The Bertz CT molecular complexity index is 840. The van der Waals surface area contributed by atoms with E-state index in [-0.39, 0.29) is 17.7 Å². The minimum atomic E-state index is -2.45. The van der Waals surface area contributed by atoms with Crippen molar-refractivity contribution in [1.82, 2.24) is 0 Å². The molecule has 0 fully saturated rings. The van der Waals surface area contributed by atoms with Gasteiger partial charge in [-0.25, -0.2) is 9.18 Å². The van der Waals surface area contributed by atoms with Gasteiger partial charge in [-0.2, -0.15) is 0 Å². The van der Waals surface area contributed by atoms with Crippen LogP contribution in [-0.2, 0) is 20.0 Å². The smallest absolute Gasteiger partial charge is 0.353 e. The Balaban J connectivity index is 1.87. The number of alkyl halides is 1. The first-order valence-electron chi connectivity index (χ1n) is 8.63. The van der Waals surface area contributed by atoms with Gasteiger partial charge in [0, 0.05) is 11.1 Å². The van der Waals surface area contributed by atoms with E-state index in [1.807, 2.05) is 6.07 Å². The van der Waals surface area contributed by atoms with Crippen LogP contribution in [0.3, 0.4) is 0 Å². The molecule has 0 saturated heterocycles. The molecule has 4 heteroatoms. The van der Waals surface area contributed by atoms with E-state index in [2.05, 4.69) is 0 Å². The third-order valence-corrected chi connectivity index (χ3v) is 4.41. The zero-order chi connectivity index (χ0) is 19.1. The monoisotopic (exact) mass is 362 g/mol. The quantitative estimate of drug-likeness (QED) is 0.461.